The van der Waals surface area contributed by atoms with Gasteiger partial charge in [0.1, 0.15) is 11.8 Å². The molecule has 12 heteroatoms. The molecule has 2 aliphatic rings. The van der Waals surface area contributed by atoms with Crippen molar-refractivity contribution < 1.29 is 32.3 Å². The highest BCUT2D eigenvalue weighted by Gasteiger charge is 2.40. The van der Waals surface area contributed by atoms with E-state index in [-0.39, 0.29) is 31.3 Å². The number of amides is 3. The van der Waals surface area contributed by atoms with Crippen molar-refractivity contribution in [2.24, 2.45) is 0 Å². The van der Waals surface area contributed by atoms with Gasteiger partial charge in [-0.1, -0.05) is 15.9 Å². The summed E-state index contributed by atoms with van der Waals surface area (Å²) in [5.41, 5.74) is -1.02. The first-order valence-corrected chi connectivity index (χ1v) is 10.8. The first-order chi connectivity index (χ1) is 16.1. The average Bonchev–Trinajstić information content (AvgIpc) is 2.91. The number of carbonyl (C=O) groups excluding carboxylic acids is 3. The van der Waals surface area contributed by atoms with E-state index < -0.39 is 41.8 Å². The van der Waals surface area contributed by atoms with E-state index in [1.165, 1.54) is 21.9 Å². The summed E-state index contributed by atoms with van der Waals surface area (Å²) in [5, 5.41) is 11.6. The Bertz CT molecular complexity index is 1230. The lowest BCUT2D eigenvalue weighted by atomic mass is 10.1. The topological polar surface area (TPSA) is 103 Å². The van der Waals surface area contributed by atoms with E-state index in [2.05, 4.69) is 21.2 Å². The first kappa shape index (κ1) is 23.6. The number of rotatable bonds is 3. The van der Waals surface area contributed by atoms with Crippen molar-refractivity contribution in [1.29, 1.82) is 5.26 Å². The molecular formula is C22H16BrF3N4O4. The number of carbonyl (C=O) groups is 3. The number of nitriles is 1. The largest absolute Gasteiger partial charge is 0.484 e. The molecule has 2 aromatic carbocycles. The quantitative estimate of drug-likeness (QED) is 0.649. The standard InChI is InChI=1S/C22H16BrF3N4O4/c23-13-2-4-17-15(7-13)21(33)30-6-5-29(10-18(30)20(32)28-17)19(31)11-34-14-3-1-12(9-27)16(8-14)22(24,25)26/h1-4,7-8,18H,5-6,10-11H2,(H,28,32). The average molecular weight is 537 g/mol. The zero-order valence-electron chi connectivity index (χ0n) is 17.4. The smallest absolute Gasteiger partial charge is 0.417 e. The van der Waals surface area contributed by atoms with Crippen LogP contribution >= 0.6 is 15.9 Å². The Kier molecular flexibility index (Phi) is 6.22. The molecule has 0 spiro atoms. The summed E-state index contributed by atoms with van der Waals surface area (Å²) in [4.78, 5) is 41.2. The third kappa shape index (κ3) is 4.56. The van der Waals surface area contributed by atoms with Gasteiger partial charge in [-0.05, 0) is 36.4 Å². The lowest BCUT2D eigenvalue weighted by Gasteiger charge is -2.39. The minimum atomic E-state index is -4.75. The van der Waals surface area contributed by atoms with Crippen molar-refractivity contribution in [3.05, 3.63) is 57.6 Å². The fraction of sp³-hybridized carbons (Fsp3) is 0.273. The molecule has 34 heavy (non-hydrogen) atoms. The summed E-state index contributed by atoms with van der Waals surface area (Å²) in [6.07, 6.45) is -4.75. The van der Waals surface area contributed by atoms with Crippen LogP contribution in [0.2, 0.25) is 0 Å². The number of benzene rings is 2. The lowest BCUT2D eigenvalue weighted by Crippen LogP contribution is -2.60. The van der Waals surface area contributed by atoms with E-state index in [0.29, 0.717) is 21.8 Å². The number of nitrogens with one attached hydrogen (secondary N) is 1. The maximum atomic E-state index is 13.1. The van der Waals surface area contributed by atoms with Crippen LogP contribution in [0.25, 0.3) is 0 Å². The summed E-state index contributed by atoms with van der Waals surface area (Å²) in [5.74, 6) is -1.57. The summed E-state index contributed by atoms with van der Waals surface area (Å²) < 4.78 is 45.3. The van der Waals surface area contributed by atoms with E-state index in [9.17, 15) is 27.6 Å². The molecular weight excluding hydrogens is 521 g/mol. The zero-order chi connectivity index (χ0) is 24.6. The highest BCUT2D eigenvalue weighted by molar-refractivity contribution is 9.10. The van der Waals surface area contributed by atoms with E-state index in [0.717, 1.165) is 6.07 Å². The maximum absolute atomic E-state index is 13.1. The molecule has 0 bridgehead atoms. The lowest BCUT2D eigenvalue weighted by molar-refractivity contribution is -0.137. The molecule has 176 valence electrons. The second-order valence-electron chi connectivity index (χ2n) is 7.64. The molecule has 2 aromatic rings. The third-order valence-electron chi connectivity index (χ3n) is 5.55. The summed E-state index contributed by atoms with van der Waals surface area (Å²) in [6.45, 7) is -0.430. The molecule has 0 radical (unpaired) electrons. The van der Waals surface area contributed by atoms with Gasteiger partial charge in [0, 0.05) is 17.6 Å². The highest BCUT2D eigenvalue weighted by Crippen LogP contribution is 2.34. The van der Waals surface area contributed by atoms with Crippen LogP contribution in [0, 0.1) is 11.3 Å². The van der Waals surface area contributed by atoms with Crippen molar-refractivity contribution in [3.8, 4) is 11.8 Å². The highest BCUT2D eigenvalue weighted by atomic mass is 79.9. The number of halogens is 4. The van der Waals surface area contributed by atoms with Gasteiger partial charge in [0.2, 0.25) is 5.91 Å². The number of piperazine rings is 1. The van der Waals surface area contributed by atoms with Crippen LogP contribution in [-0.2, 0) is 15.8 Å². The second-order valence-corrected chi connectivity index (χ2v) is 8.55. The van der Waals surface area contributed by atoms with Gasteiger partial charge in [0.05, 0.1) is 35.0 Å². The zero-order valence-corrected chi connectivity index (χ0v) is 18.9. The van der Waals surface area contributed by atoms with E-state index in [1.54, 1.807) is 18.2 Å². The van der Waals surface area contributed by atoms with E-state index >= 15 is 0 Å². The van der Waals surface area contributed by atoms with Crippen LogP contribution in [0.1, 0.15) is 21.5 Å². The molecule has 1 fully saturated rings. The van der Waals surface area contributed by atoms with E-state index in [1.807, 2.05) is 0 Å². The first-order valence-electron chi connectivity index (χ1n) is 10.0. The molecule has 0 saturated carbocycles. The Labute approximate surface area is 200 Å². The Morgan fingerprint density at radius 1 is 1.21 bits per heavy atom. The second kappa shape index (κ2) is 8.98. The molecule has 1 saturated heterocycles. The number of ether oxygens (including phenoxy) is 1. The van der Waals surface area contributed by atoms with Crippen LogP contribution in [0.4, 0.5) is 18.9 Å². The molecule has 0 aliphatic carbocycles. The number of anilines is 1. The molecule has 1 atom stereocenters. The predicted molar refractivity (Wildman–Crippen MR) is 116 cm³/mol. The SMILES string of the molecule is N#Cc1ccc(OCC(=O)N2CCN3C(=O)c4cc(Br)ccc4NC(=O)C3C2)cc1C(F)(F)F. The van der Waals surface area contributed by atoms with Crippen molar-refractivity contribution in [3.63, 3.8) is 0 Å². The fourth-order valence-corrected chi connectivity index (χ4v) is 4.19. The molecule has 0 aromatic heterocycles. The summed E-state index contributed by atoms with van der Waals surface area (Å²) in [6, 6.07) is 8.26. The van der Waals surface area contributed by atoms with Gasteiger partial charge in [-0.2, -0.15) is 18.4 Å². The van der Waals surface area contributed by atoms with Gasteiger partial charge >= 0.3 is 6.18 Å². The minimum Gasteiger partial charge on any atom is -0.484 e. The number of nitrogens with zero attached hydrogens (tertiary/aromatic N) is 3. The van der Waals surface area contributed by atoms with Gasteiger partial charge < -0.3 is 19.9 Å². The normalized spacial score (nSPS) is 17.8. The van der Waals surface area contributed by atoms with Crippen LogP contribution in [-0.4, -0.2) is 59.8 Å². The van der Waals surface area contributed by atoms with Gasteiger partial charge in [-0.15, -0.1) is 0 Å². The van der Waals surface area contributed by atoms with Crippen molar-refractivity contribution >= 4 is 39.3 Å². The number of fused-ring (bicyclic) bond motifs is 2. The van der Waals surface area contributed by atoms with Crippen molar-refractivity contribution in [2.45, 2.75) is 12.2 Å². The maximum Gasteiger partial charge on any atom is 0.417 e. The Morgan fingerprint density at radius 2 is 1.97 bits per heavy atom. The van der Waals surface area contributed by atoms with Gasteiger partial charge in [-0.3, -0.25) is 14.4 Å². The molecule has 8 nitrogen and oxygen atoms in total. The molecule has 2 aliphatic heterocycles. The third-order valence-corrected chi connectivity index (χ3v) is 6.04. The number of hydrogen-bond donors (Lipinski definition) is 1. The van der Waals surface area contributed by atoms with E-state index in [4.69, 9.17) is 10.00 Å². The molecule has 1 N–H and O–H groups in total. The van der Waals surface area contributed by atoms with Crippen LogP contribution < -0.4 is 10.1 Å². The number of alkyl halides is 3. The van der Waals surface area contributed by atoms with Crippen LogP contribution in [0.5, 0.6) is 5.75 Å². The molecule has 4 rings (SSSR count). The minimum absolute atomic E-state index is 0.0872. The predicted octanol–water partition coefficient (Wildman–Crippen LogP) is 3.02. The Balaban J connectivity index is 1.45. The fourth-order valence-electron chi connectivity index (χ4n) is 3.83. The van der Waals surface area contributed by atoms with Crippen LogP contribution in [0.3, 0.4) is 0 Å². The molecule has 3 amide bonds. The summed E-state index contributed by atoms with van der Waals surface area (Å²) >= 11 is 3.31. The monoisotopic (exact) mass is 536 g/mol. The van der Waals surface area contributed by atoms with Crippen molar-refractivity contribution in [2.75, 3.05) is 31.6 Å². The Hall–Kier alpha value is -3.59. The number of hydrogen-bond acceptors (Lipinski definition) is 5. The molecule has 1 unspecified atom stereocenters. The van der Waals surface area contributed by atoms with Crippen molar-refractivity contribution in [1.82, 2.24) is 9.80 Å². The molecule has 2 heterocycles. The summed E-state index contributed by atoms with van der Waals surface area (Å²) in [7, 11) is 0. The van der Waals surface area contributed by atoms with Gasteiger partial charge in [0.25, 0.3) is 11.8 Å². The van der Waals surface area contributed by atoms with Gasteiger partial charge in [-0.25, -0.2) is 0 Å². The Morgan fingerprint density at radius 3 is 2.68 bits per heavy atom. The van der Waals surface area contributed by atoms with Crippen LogP contribution in [0.15, 0.2) is 40.9 Å². The van der Waals surface area contributed by atoms with Gasteiger partial charge in [0.15, 0.2) is 6.61 Å².